The fourth-order valence-electron chi connectivity index (χ4n) is 1.84. The minimum Gasteiger partial charge on any atom is -0.396 e. The number of nitrogens with one attached hydrogen (secondary N) is 1. The molecule has 20 heavy (non-hydrogen) atoms. The molecule has 0 radical (unpaired) electrons. The van der Waals surface area contributed by atoms with Crippen LogP contribution in [0.5, 0.6) is 0 Å². The summed E-state index contributed by atoms with van der Waals surface area (Å²) in [5.41, 5.74) is 2.26. The number of hydrogen-bond donors (Lipinski definition) is 2. The number of aliphatic hydroxyl groups excluding tert-OH is 1. The molecule has 0 saturated carbocycles. The molecule has 0 aliphatic rings. The summed E-state index contributed by atoms with van der Waals surface area (Å²) in [4.78, 5) is 11.8. The first-order valence-corrected chi connectivity index (χ1v) is 6.87. The van der Waals surface area contributed by atoms with Gasteiger partial charge in [0.25, 0.3) is 0 Å². The van der Waals surface area contributed by atoms with Gasteiger partial charge in [0.15, 0.2) is 0 Å². The number of ether oxygens (including phenoxy) is 1. The Kier molecular flexibility index (Phi) is 7.62. The Bertz CT molecular complexity index is 420. The second-order valence-corrected chi connectivity index (χ2v) is 4.60. The maximum atomic E-state index is 11.8. The lowest BCUT2D eigenvalue weighted by atomic mass is 10.1. The zero-order valence-corrected chi connectivity index (χ0v) is 12.1. The number of aliphatic hydroxyl groups is 1. The highest BCUT2D eigenvalue weighted by atomic mass is 16.5. The Morgan fingerprint density at radius 1 is 1.40 bits per heavy atom. The van der Waals surface area contributed by atoms with E-state index in [1.165, 1.54) is 11.6 Å². The highest BCUT2D eigenvalue weighted by Crippen LogP contribution is 2.06. The first kappa shape index (κ1) is 16.4. The molecule has 110 valence electrons. The van der Waals surface area contributed by atoms with E-state index in [4.69, 9.17) is 9.84 Å². The zero-order chi connectivity index (χ0) is 14.8. The maximum absolute atomic E-state index is 11.8. The van der Waals surface area contributed by atoms with Gasteiger partial charge >= 0.3 is 0 Å². The predicted octanol–water partition coefficient (Wildman–Crippen LogP) is 1.78. The summed E-state index contributed by atoms with van der Waals surface area (Å²) in [7, 11) is 1.57. The third-order valence-electron chi connectivity index (χ3n) is 3.01. The van der Waals surface area contributed by atoms with Crippen LogP contribution in [0.1, 0.15) is 24.5 Å². The van der Waals surface area contributed by atoms with Crippen LogP contribution in [0.2, 0.25) is 0 Å². The molecule has 0 bridgehead atoms. The molecule has 1 rings (SSSR count). The molecule has 1 aromatic rings. The summed E-state index contributed by atoms with van der Waals surface area (Å²) in [6, 6.07) is 7.92. The summed E-state index contributed by atoms with van der Waals surface area (Å²) >= 11 is 0. The summed E-state index contributed by atoms with van der Waals surface area (Å²) in [5, 5.41) is 11.7. The minimum absolute atomic E-state index is 0.0243. The van der Waals surface area contributed by atoms with Crippen LogP contribution in [0.4, 0.5) is 0 Å². The SMILES string of the molecule is CCc1ccc(/C=C/C(=O)NC(CCO)COC)cc1. The van der Waals surface area contributed by atoms with Gasteiger partial charge in [-0.05, 0) is 30.0 Å². The van der Waals surface area contributed by atoms with Crippen molar-refractivity contribution in [3.8, 4) is 0 Å². The van der Waals surface area contributed by atoms with E-state index in [0.717, 1.165) is 12.0 Å². The van der Waals surface area contributed by atoms with Gasteiger partial charge in [0, 0.05) is 19.8 Å². The van der Waals surface area contributed by atoms with E-state index >= 15 is 0 Å². The molecule has 0 aliphatic heterocycles. The van der Waals surface area contributed by atoms with Crippen LogP contribution >= 0.6 is 0 Å². The molecule has 0 fully saturated rings. The van der Waals surface area contributed by atoms with Gasteiger partial charge in [-0.15, -0.1) is 0 Å². The van der Waals surface area contributed by atoms with Crippen LogP contribution < -0.4 is 5.32 Å². The largest absolute Gasteiger partial charge is 0.396 e. The molecule has 0 aliphatic carbocycles. The monoisotopic (exact) mass is 277 g/mol. The predicted molar refractivity (Wildman–Crippen MR) is 80.4 cm³/mol. The zero-order valence-electron chi connectivity index (χ0n) is 12.1. The van der Waals surface area contributed by atoms with Crippen LogP contribution in [0.25, 0.3) is 6.08 Å². The number of methoxy groups -OCH3 is 1. The Hall–Kier alpha value is -1.65. The molecule has 4 nitrogen and oxygen atoms in total. The molecule has 0 saturated heterocycles. The first-order valence-electron chi connectivity index (χ1n) is 6.87. The summed E-state index contributed by atoms with van der Waals surface area (Å²) in [5.74, 6) is -0.180. The highest BCUT2D eigenvalue weighted by Gasteiger charge is 2.09. The number of benzene rings is 1. The van der Waals surface area contributed by atoms with Crippen molar-refractivity contribution in [1.82, 2.24) is 5.32 Å². The standard InChI is InChI=1S/C16H23NO3/c1-3-13-4-6-14(7-5-13)8-9-16(19)17-15(10-11-18)12-20-2/h4-9,15,18H,3,10-12H2,1-2H3,(H,17,19)/b9-8+. The Morgan fingerprint density at radius 3 is 2.65 bits per heavy atom. The lowest BCUT2D eigenvalue weighted by molar-refractivity contribution is -0.117. The normalized spacial score (nSPS) is 12.6. The van der Waals surface area contributed by atoms with Crippen LogP contribution in [0, 0.1) is 0 Å². The van der Waals surface area contributed by atoms with Crippen molar-refractivity contribution in [2.75, 3.05) is 20.3 Å². The summed E-state index contributed by atoms with van der Waals surface area (Å²) in [6.45, 7) is 2.53. The van der Waals surface area contributed by atoms with Crippen LogP contribution in [0.3, 0.4) is 0 Å². The number of hydrogen-bond acceptors (Lipinski definition) is 3. The smallest absolute Gasteiger partial charge is 0.244 e. The van der Waals surface area contributed by atoms with Crippen LogP contribution in [0.15, 0.2) is 30.3 Å². The van der Waals surface area contributed by atoms with E-state index < -0.39 is 0 Å². The van der Waals surface area contributed by atoms with Crippen molar-refractivity contribution in [1.29, 1.82) is 0 Å². The second-order valence-electron chi connectivity index (χ2n) is 4.60. The van der Waals surface area contributed by atoms with Gasteiger partial charge in [0.1, 0.15) is 0 Å². The molecular formula is C16H23NO3. The van der Waals surface area contributed by atoms with Gasteiger partial charge in [-0.25, -0.2) is 0 Å². The van der Waals surface area contributed by atoms with Crippen molar-refractivity contribution in [3.63, 3.8) is 0 Å². The number of aryl methyl sites for hydroxylation is 1. The second kappa shape index (κ2) is 9.28. The molecular weight excluding hydrogens is 254 g/mol. The first-order chi connectivity index (χ1) is 9.69. The summed E-state index contributed by atoms with van der Waals surface area (Å²) in [6.07, 6.45) is 4.77. The maximum Gasteiger partial charge on any atom is 0.244 e. The number of rotatable bonds is 8. The number of carbonyl (C=O) groups is 1. The van der Waals surface area contributed by atoms with Gasteiger partial charge in [-0.2, -0.15) is 0 Å². The highest BCUT2D eigenvalue weighted by molar-refractivity contribution is 5.91. The molecule has 0 aromatic heterocycles. The van der Waals surface area contributed by atoms with Gasteiger partial charge in [0.2, 0.25) is 5.91 Å². The minimum atomic E-state index is -0.180. The van der Waals surface area contributed by atoms with E-state index in [1.54, 1.807) is 13.2 Å². The molecule has 4 heteroatoms. The van der Waals surface area contributed by atoms with E-state index in [9.17, 15) is 4.79 Å². The Morgan fingerprint density at radius 2 is 2.10 bits per heavy atom. The third-order valence-corrected chi connectivity index (χ3v) is 3.01. The molecule has 1 atom stereocenters. The van der Waals surface area contributed by atoms with E-state index in [-0.39, 0.29) is 18.6 Å². The Balaban J connectivity index is 2.52. The van der Waals surface area contributed by atoms with E-state index in [0.29, 0.717) is 13.0 Å². The quantitative estimate of drug-likeness (QED) is 0.712. The molecule has 1 amide bonds. The fraction of sp³-hybridized carbons (Fsp3) is 0.438. The fourth-order valence-corrected chi connectivity index (χ4v) is 1.84. The average molecular weight is 277 g/mol. The molecule has 1 aromatic carbocycles. The van der Waals surface area contributed by atoms with Gasteiger partial charge < -0.3 is 15.2 Å². The van der Waals surface area contributed by atoms with Crippen molar-refractivity contribution in [3.05, 3.63) is 41.5 Å². The van der Waals surface area contributed by atoms with Crippen molar-refractivity contribution >= 4 is 12.0 Å². The molecule has 0 spiro atoms. The van der Waals surface area contributed by atoms with Gasteiger partial charge in [-0.3, -0.25) is 4.79 Å². The average Bonchev–Trinajstić information content (AvgIpc) is 2.46. The number of carbonyl (C=O) groups excluding carboxylic acids is 1. The van der Waals surface area contributed by atoms with Crippen molar-refractivity contribution < 1.29 is 14.6 Å². The Labute approximate surface area is 120 Å². The van der Waals surface area contributed by atoms with Crippen LogP contribution in [-0.4, -0.2) is 37.4 Å². The molecule has 0 heterocycles. The summed E-state index contributed by atoms with van der Waals surface area (Å²) < 4.78 is 5.00. The number of amides is 1. The molecule has 2 N–H and O–H groups in total. The van der Waals surface area contributed by atoms with Crippen LogP contribution in [-0.2, 0) is 16.0 Å². The molecule has 1 unspecified atom stereocenters. The lowest BCUT2D eigenvalue weighted by Gasteiger charge is -2.15. The van der Waals surface area contributed by atoms with E-state index in [1.807, 2.05) is 12.1 Å². The van der Waals surface area contributed by atoms with Gasteiger partial charge in [0.05, 0.1) is 12.6 Å². The van der Waals surface area contributed by atoms with Crippen molar-refractivity contribution in [2.45, 2.75) is 25.8 Å². The van der Waals surface area contributed by atoms with Crippen molar-refractivity contribution in [2.24, 2.45) is 0 Å². The third kappa shape index (κ3) is 5.99. The van der Waals surface area contributed by atoms with E-state index in [2.05, 4.69) is 24.4 Å². The topological polar surface area (TPSA) is 58.6 Å². The lowest BCUT2D eigenvalue weighted by Crippen LogP contribution is -2.37. The van der Waals surface area contributed by atoms with Gasteiger partial charge in [-0.1, -0.05) is 31.2 Å².